The third kappa shape index (κ3) is 4.84. The van der Waals surface area contributed by atoms with Gasteiger partial charge in [-0.3, -0.25) is 0 Å². The molecule has 1 saturated heterocycles. The van der Waals surface area contributed by atoms with Crippen molar-refractivity contribution in [3.8, 4) is 0 Å². The highest BCUT2D eigenvalue weighted by molar-refractivity contribution is 5.39. The predicted molar refractivity (Wildman–Crippen MR) is 80.3 cm³/mol. The van der Waals surface area contributed by atoms with Gasteiger partial charge in [-0.15, -0.1) is 0 Å². The summed E-state index contributed by atoms with van der Waals surface area (Å²) in [6.07, 6.45) is 5.25. The highest BCUT2D eigenvalue weighted by Gasteiger charge is 2.18. The van der Waals surface area contributed by atoms with E-state index < -0.39 is 0 Å². The zero-order chi connectivity index (χ0) is 13.5. The maximum absolute atomic E-state index is 5.69. The quantitative estimate of drug-likeness (QED) is 0.801. The van der Waals surface area contributed by atoms with E-state index in [9.17, 15) is 0 Å². The van der Waals surface area contributed by atoms with Crippen LogP contribution in [0.3, 0.4) is 0 Å². The van der Waals surface area contributed by atoms with Crippen LogP contribution in [0.2, 0.25) is 0 Å². The minimum atomic E-state index is 0.498. The van der Waals surface area contributed by atoms with Crippen molar-refractivity contribution in [2.24, 2.45) is 0 Å². The third-order valence-electron chi connectivity index (χ3n) is 3.86. The van der Waals surface area contributed by atoms with Crippen LogP contribution in [0.15, 0.2) is 24.3 Å². The number of rotatable bonds is 6. The lowest BCUT2D eigenvalue weighted by Crippen LogP contribution is -2.37. The van der Waals surface area contributed by atoms with Crippen molar-refractivity contribution < 1.29 is 4.74 Å². The molecular formula is C16H26N2O. The molecule has 1 fully saturated rings. The largest absolute Gasteiger partial charge is 0.399 e. The van der Waals surface area contributed by atoms with Gasteiger partial charge in [-0.05, 0) is 56.8 Å². The van der Waals surface area contributed by atoms with Gasteiger partial charge < -0.3 is 15.4 Å². The van der Waals surface area contributed by atoms with Crippen molar-refractivity contribution in [2.45, 2.75) is 38.7 Å². The van der Waals surface area contributed by atoms with Gasteiger partial charge in [0.1, 0.15) is 0 Å². The second kappa shape index (κ2) is 7.51. The van der Waals surface area contributed by atoms with Crippen LogP contribution in [0.1, 0.15) is 31.7 Å². The average molecular weight is 262 g/mol. The summed E-state index contributed by atoms with van der Waals surface area (Å²) in [5.74, 6) is 0. The zero-order valence-electron chi connectivity index (χ0n) is 12.0. The van der Waals surface area contributed by atoms with Gasteiger partial charge in [0, 0.05) is 25.4 Å². The average Bonchev–Trinajstić information content (AvgIpc) is 2.43. The maximum atomic E-state index is 5.69. The van der Waals surface area contributed by atoms with Crippen LogP contribution in [0.4, 0.5) is 5.69 Å². The normalized spacial score (nSPS) is 17.7. The minimum Gasteiger partial charge on any atom is -0.399 e. The molecule has 2 N–H and O–H groups in total. The van der Waals surface area contributed by atoms with E-state index in [1.54, 1.807) is 0 Å². The summed E-state index contributed by atoms with van der Waals surface area (Å²) in [6.45, 7) is 6.50. The first kappa shape index (κ1) is 14.4. The van der Waals surface area contributed by atoms with Crippen molar-refractivity contribution >= 4 is 5.69 Å². The molecule has 0 spiro atoms. The van der Waals surface area contributed by atoms with Crippen molar-refractivity contribution in [3.63, 3.8) is 0 Å². The molecule has 1 aliphatic heterocycles. The first-order valence-electron chi connectivity index (χ1n) is 7.46. The molecule has 3 heteroatoms. The number of piperidine rings is 1. The molecule has 0 saturated carbocycles. The Morgan fingerprint density at radius 1 is 1.21 bits per heavy atom. The molecule has 1 aliphatic rings. The molecule has 19 heavy (non-hydrogen) atoms. The zero-order valence-corrected chi connectivity index (χ0v) is 12.0. The number of likely N-dealkylation sites (tertiary alicyclic amines) is 1. The number of nitrogen functional groups attached to an aromatic ring is 1. The van der Waals surface area contributed by atoms with Crippen molar-refractivity contribution in [2.75, 3.05) is 32.0 Å². The molecule has 106 valence electrons. The van der Waals surface area contributed by atoms with Gasteiger partial charge in [-0.25, -0.2) is 0 Å². The van der Waals surface area contributed by atoms with Crippen molar-refractivity contribution in [1.29, 1.82) is 0 Å². The van der Waals surface area contributed by atoms with Gasteiger partial charge in [0.05, 0.1) is 6.10 Å². The first-order chi connectivity index (χ1) is 9.28. The molecule has 0 atom stereocenters. The van der Waals surface area contributed by atoms with Gasteiger partial charge >= 0.3 is 0 Å². The van der Waals surface area contributed by atoms with Gasteiger partial charge in [0.25, 0.3) is 0 Å². The minimum absolute atomic E-state index is 0.498. The van der Waals surface area contributed by atoms with Gasteiger partial charge in [-0.2, -0.15) is 0 Å². The van der Waals surface area contributed by atoms with E-state index in [0.717, 1.165) is 18.7 Å². The summed E-state index contributed by atoms with van der Waals surface area (Å²) in [5, 5.41) is 0. The van der Waals surface area contributed by atoms with E-state index in [0.29, 0.717) is 6.10 Å². The third-order valence-corrected chi connectivity index (χ3v) is 3.86. The molecule has 0 aliphatic carbocycles. The number of nitrogens with zero attached hydrogens (tertiary/aromatic N) is 1. The molecular weight excluding hydrogens is 236 g/mol. The summed E-state index contributed by atoms with van der Waals surface area (Å²) < 4.78 is 5.68. The highest BCUT2D eigenvalue weighted by Crippen LogP contribution is 2.14. The molecule has 3 nitrogen and oxygen atoms in total. The Morgan fingerprint density at radius 3 is 2.53 bits per heavy atom. The molecule has 1 heterocycles. The summed E-state index contributed by atoms with van der Waals surface area (Å²) in [6, 6.07) is 8.25. The van der Waals surface area contributed by atoms with Crippen molar-refractivity contribution in [3.05, 3.63) is 29.8 Å². The lowest BCUT2D eigenvalue weighted by Gasteiger charge is -2.31. The fraction of sp³-hybridized carbons (Fsp3) is 0.625. The fourth-order valence-electron chi connectivity index (χ4n) is 2.73. The van der Waals surface area contributed by atoms with E-state index in [1.165, 1.54) is 44.5 Å². The Bertz CT molecular complexity index is 356. The number of ether oxygens (including phenoxy) is 1. The number of hydrogen-bond donors (Lipinski definition) is 1. The van der Waals surface area contributed by atoms with E-state index in [4.69, 9.17) is 10.5 Å². The topological polar surface area (TPSA) is 38.5 Å². The number of nitrogens with two attached hydrogens (primary N) is 1. The molecule has 0 aromatic heterocycles. The van der Waals surface area contributed by atoms with E-state index >= 15 is 0 Å². The van der Waals surface area contributed by atoms with Crippen LogP contribution < -0.4 is 5.73 Å². The lowest BCUT2D eigenvalue weighted by molar-refractivity contribution is 0.0141. The second-order valence-corrected chi connectivity index (χ2v) is 5.34. The molecule has 1 aromatic carbocycles. The van der Waals surface area contributed by atoms with Crippen LogP contribution in [0.25, 0.3) is 0 Å². The summed E-state index contributed by atoms with van der Waals surface area (Å²) in [5.41, 5.74) is 7.93. The summed E-state index contributed by atoms with van der Waals surface area (Å²) in [4.78, 5) is 2.56. The Balaban J connectivity index is 1.63. The lowest BCUT2D eigenvalue weighted by atomic mass is 10.1. The van der Waals surface area contributed by atoms with Crippen LogP contribution in [-0.2, 0) is 11.2 Å². The predicted octanol–water partition coefficient (Wildman–Crippen LogP) is 2.70. The molecule has 0 unspecified atom stereocenters. The molecule has 1 aromatic rings. The molecule has 0 radical (unpaired) electrons. The highest BCUT2D eigenvalue weighted by atomic mass is 16.5. The summed E-state index contributed by atoms with van der Waals surface area (Å²) >= 11 is 0. The fourth-order valence-corrected chi connectivity index (χ4v) is 2.73. The number of anilines is 1. The number of aryl methyl sites for hydroxylation is 1. The van der Waals surface area contributed by atoms with Crippen LogP contribution in [0.5, 0.6) is 0 Å². The first-order valence-corrected chi connectivity index (χ1v) is 7.46. The Morgan fingerprint density at radius 2 is 1.89 bits per heavy atom. The van der Waals surface area contributed by atoms with E-state index in [-0.39, 0.29) is 0 Å². The van der Waals surface area contributed by atoms with Crippen molar-refractivity contribution in [1.82, 2.24) is 4.90 Å². The molecule has 2 rings (SSSR count). The van der Waals surface area contributed by atoms with Gasteiger partial charge in [0.15, 0.2) is 0 Å². The Labute approximate surface area is 116 Å². The molecule has 0 amide bonds. The Kier molecular flexibility index (Phi) is 5.67. The SMILES string of the molecule is CCOC1CCN(CCCc2ccc(N)cc2)CC1. The number of benzene rings is 1. The van der Waals surface area contributed by atoms with Crippen LogP contribution in [0, 0.1) is 0 Å². The monoisotopic (exact) mass is 262 g/mol. The second-order valence-electron chi connectivity index (χ2n) is 5.34. The van der Waals surface area contributed by atoms with Gasteiger partial charge in [0.2, 0.25) is 0 Å². The van der Waals surface area contributed by atoms with Crippen LogP contribution in [-0.4, -0.2) is 37.2 Å². The number of hydrogen-bond acceptors (Lipinski definition) is 3. The smallest absolute Gasteiger partial charge is 0.0599 e. The van der Waals surface area contributed by atoms with E-state index in [2.05, 4.69) is 24.0 Å². The van der Waals surface area contributed by atoms with Crippen LogP contribution >= 0.6 is 0 Å². The van der Waals surface area contributed by atoms with E-state index in [1.807, 2.05) is 12.1 Å². The maximum Gasteiger partial charge on any atom is 0.0599 e. The summed E-state index contributed by atoms with van der Waals surface area (Å²) in [7, 11) is 0. The standard InChI is InChI=1S/C16H26N2O/c1-2-19-16-9-12-18(13-10-16)11-3-4-14-5-7-15(17)8-6-14/h5-8,16H,2-4,9-13,17H2,1H3. The van der Waals surface area contributed by atoms with Gasteiger partial charge in [-0.1, -0.05) is 12.1 Å². The molecule has 0 bridgehead atoms. The Hall–Kier alpha value is -1.06.